The molecular weight excluding hydrogens is 917 g/mol. The minimum atomic E-state index is -5.12. The first-order chi connectivity index (χ1) is 25.8. The fraction of sp³-hybridized carbons (Fsp3) is 1.00. The summed E-state index contributed by atoms with van der Waals surface area (Å²) < 4.78 is 135. The number of hydrogen-bond acceptors (Lipinski definition) is 21. The summed E-state index contributed by atoms with van der Waals surface area (Å²) in [4.78, 5) is 79.5. The average molecular weight is 968 g/mol. The van der Waals surface area contributed by atoms with E-state index in [1.165, 1.54) is 0 Å². The van der Waals surface area contributed by atoms with Gasteiger partial charge in [0, 0.05) is 0 Å². The van der Waals surface area contributed by atoms with Gasteiger partial charge >= 0.3 is 284 Å². The Morgan fingerprint density at radius 1 is 0.643 bits per heavy atom. The predicted molar refractivity (Wildman–Crippen MR) is 188 cm³/mol. The van der Waals surface area contributed by atoms with Crippen LogP contribution in [0.5, 0.6) is 0 Å². The van der Waals surface area contributed by atoms with E-state index >= 15 is 0 Å². The molecule has 0 aromatic heterocycles. The quantitative estimate of drug-likeness (QED) is 0.118. The van der Waals surface area contributed by atoms with Crippen LogP contribution in [-0.4, -0.2) is 142 Å². The Balaban J connectivity index is 3.22. The first-order valence-corrected chi connectivity index (χ1v) is 27.1. The summed E-state index contributed by atoms with van der Waals surface area (Å²) in [6, 6.07) is 0. The molecule has 1 saturated heterocycles. The van der Waals surface area contributed by atoms with Gasteiger partial charge in [-0.15, -0.1) is 0 Å². The number of aliphatic hydroxyl groups excluding tert-OH is 1. The standard InChI is InChI=1S/C21H51O28P7/c1-2-4-21-17-20(18-48-51(24,25)26)19-49-56(35,36)47-16-15-46-55(33,34)45-14-13-44-54(31,32)43-12-11-42-53(29,30)41-10-9-40-52(27,28)39-8-7-38-50(21,23)37-6-3-5-22/h20-23,50H,2-19H2,1H3,(H,27,28)(H,29,30)(H,31,32)(H,33,34)(H,35,36)(H2,24,25,26). The minimum absolute atomic E-state index is 0.0228. The molecule has 0 saturated carbocycles. The van der Waals surface area contributed by atoms with Gasteiger partial charge < -0.3 is 4.89 Å². The summed E-state index contributed by atoms with van der Waals surface area (Å²) in [7, 11) is -34.1. The third-order valence-electron chi connectivity index (χ3n) is 6.35. The van der Waals surface area contributed by atoms with E-state index in [1.807, 2.05) is 0 Å². The van der Waals surface area contributed by atoms with Crippen molar-refractivity contribution in [2.75, 3.05) is 92.5 Å². The second kappa shape index (κ2) is 26.4. The van der Waals surface area contributed by atoms with E-state index in [2.05, 4.69) is 36.2 Å². The van der Waals surface area contributed by atoms with Gasteiger partial charge in [-0.1, -0.05) is 0 Å². The summed E-state index contributed by atoms with van der Waals surface area (Å²) in [5, 5.41) is 9.24. The molecule has 1 aliphatic rings. The van der Waals surface area contributed by atoms with Gasteiger partial charge in [-0.05, 0) is 0 Å². The van der Waals surface area contributed by atoms with Crippen LogP contribution in [0.3, 0.4) is 0 Å². The molecule has 9 N–H and O–H groups in total. The van der Waals surface area contributed by atoms with E-state index in [-0.39, 0.29) is 32.5 Å². The average Bonchev–Trinajstić information content (AvgIpc) is 3.08. The molecule has 1 fully saturated rings. The summed E-state index contributed by atoms with van der Waals surface area (Å²) in [6.45, 7) is -8.47. The summed E-state index contributed by atoms with van der Waals surface area (Å²) in [5.74, 6) is -1.19. The van der Waals surface area contributed by atoms with Crippen molar-refractivity contribution < 1.29 is 130 Å². The zero-order valence-corrected chi connectivity index (χ0v) is 36.2. The van der Waals surface area contributed by atoms with Crippen LogP contribution in [0.1, 0.15) is 32.6 Å². The van der Waals surface area contributed by atoms with Crippen LogP contribution < -0.4 is 0 Å². The van der Waals surface area contributed by atoms with Gasteiger partial charge in [-0.3, -0.25) is 9.05 Å². The normalized spacial score (nSPS) is 36.5. The van der Waals surface area contributed by atoms with Gasteiger partial charge in [0.2, 0.25) is 0 Å². The van der Waals surface area contributed by atoms with Crippen LogP contribution in [0.4, 0.5) is 0 Å². The number of rotatable bonds is 9. The van der Waals surface area contributed by atoms with Crippen LogP contribution >= 0.6 is 54.9 Å². The molecule has 7 atom stereocenters. The van der Waals surface area contributed by atoms with E-state index in [0.717, 1.165) is 0 Å². The molecular formula is C21H51O28P7. The monoisotopic (exact) mass is 968 g/mol. The summed E-state index contributed by atoms with van der Waals surface area (Å²) in [6.07, 6.45) is 0.190. The Morgan fingerprint density at radius 2 is 1.00 bits per heavy atom. The van der Waals surface area contributed by atoms with Crippen LogP contribution in [0, 0.1) is 5.92 Å². The van der Waals surface area contributed by atoms with Crippen LogP contribution in [0.25, 0.3) is 0 Å². The Bertz CT molecular complexity index is 1410. The van der Waals surface area contributed by atoms with E-state index < -0.39 is 146 Å². The van der Waals surface area contributed by atoms with Crippen molar-refractivity contribution >= 4 is 54.9 Å². The van der Waals surface area contributed by atoms with Crippen molar-refractivity contribution in [2.45, 2.75) is 38.3 Å². The molecule has 0 amide bonds. The zero-order chi connectivity index (χ0) is 42.6. The summed E-state index contributed by atoms with van der Waals surface area (Å²) >= 11 is 0. The topological polar surface area (TPSA) is 404 Å². The fourth-order valence-corrected chi connectivity index (χ4v) is 10.7. The fourth-order valence-electron chi connectivity index (χ4n) is 4.09. The molecule has 28 nitrogen and oxygen atoms in total. The molecule has 0 bridgehead atoms. The summed E-state index contributed by atoms with van der Waals surface area (Å²) in [5.41, 5.74) is -1.01. The van der Waals surface area contributed by atoms with E-state index in [1.54, 1.807) is 6.92 Å². The van der Waals surface area contributed by atoms with E-state index in [9.17, 15) is 71.6 Å². The second-order valence-electron chi connectivity index (χ2n) is 10.9. The molecule has 1 rings (SSSR count). The SMILES string of the molecule is CCCC1CC(COP(=O)(O)O)COP(=O)(O)OCCOP(=O)(O)OCCOP(=O)(O)OCCOP(=O)(O)OCCOP(=O)(O)OCCO[PH]1(O)OCCCO. The molecule has 0 aliphatic carbocycles. The number of phosphoric ester groups is 6. The van der Waals surface area contributed by atoms with Crippen LogP contribution in [0.2, 0.25) is 0 Å². The first-order valence-electron chi connectivity index (χ1n) is 16.2. The van der Waals surface area contributed by atoms with Crippen molar-refractivity contribution in [1.82, 2.24) is 0 Å². The van der Waals surface area contributed by atoms with Crippen molar-refractivity contribution in [3.05, 3.63) is 0 Å². The van der Waals surface area contributed by atoms with Gasteiger partial charge in [0.15, 0.2) is 0 Å². The second-order valence-corrected chi connectivity index (χ2v) is 22.1. The van der Waals surface area contributed by atoms with E-state index in [0.29, 0.717) is 6.42 Å². The molecule has 0 aromatic rings. The molecule has 0 spiro atoms. The van der Waals surface area contributed by atoms with E-state index in [4.69, 9.17) is 22.6 Å². The molecule has 56 heavy (non-hydrogen) atoms. The Morgan fingerprint density at radius 3 is 1.34 bits per heavy atom. The molecule has 35 heteroatoms. The number of hydrogen-bond donors (Lipinski definition) is 9. The maximum atomic E-state index is 12.6. The number of phosphoric acid groups is 6. The van der Waals surface area contributed by atoms with Crippen molar-refractivity contribution in [3.63, 3.8) is 0 Å². The van der Waals surface area contributed by atoms with Gasteiger partial charge in [-0.2, -0.15) is 0 Å². The molecule has 7 unspecified atom stereocenters. The Kier molecular flexibility index (Phi) is 25.9. The van der Waals surface area contributed by atoms with Crippen LogP contribution in [0.15, 0.2) is 0 Å². The first kappa shape index (κ1) is 54.9. The van der Waals surface area contributed by atoms with Gasteiger partial charge in [0.25, 0.3) is 0 Å². The maximum absolute atomic E-state index is 12.6. The van der Waals surface area contributed by atoms with Gasteiger partial charge in [0.1, 0.15) is 0 Å². The van der Waals surface area contributed by atoms with Crippen LogP contribution in [-0.2, 0) is 86.2 Å². The zero-order valence-electron chi connectivity index (χ0n) is 29.8. The molecule has 0 aromatic carbocycles. The predicted octanol–water partition coefficient (Wildman–Crippen LogP) is 1.86. The van der Waals surface area contributed by atoms with Crippen molar-refractivity contribution in [2.24, 2.45) is 5.92 Å². The van der Waals surface area contributed by atoms with Gasteiger partial charge in [0.05, 0.1) is 19.8 Å². The van der Waals surface area contributed by atoms with Crippen molar-refractivity contribution in [3.8, 4) is 0 Å². The molecule has 1 heterocycles. The molecule has 0 radical (unpaired) electrons. The van der Waals surface area contributed by atoms with Gasteiger partial charge in [-0.25, -0.2) is 4.57 Å². The third-order valence-corrected chi connectivity index (χ3v) is 14.7. The third kappa shape index (κ3) is 27.0. The van der Waals surface area contributed by atoms with Crippen molar-refractivity contribution in [1.29, 1.82) is 0 Å². The number of aliphatic hydroxyl groups is 1. The Labute approximate surface area is 321 Å². The molecule has 338 valence electrons. The molecule has 1 aliphatic heterocycles. The Hall–Kier alpha value is 0.930.